The first kappa shape index (κ1) is 15.8. The first-order chi connectivity index (χ1) is 10.1. The Kier molecular flexibility index (Phi) is 6.05. The van der Waals surface area contributed by atoms with Crippen LogP contribution in [0.3, 0.4) is 0 Å². The van der Waals surface area contributed by atoms with Crippen LogP contribution in [0.5, 0.6) is 5.75 Å². The fourth-order valence-corrected chi connectivity index (χ4v) is 2.80. The van der Waals surface area contributed by atoms with Crippen molar-refractivity contribution in [1.82, 2.24) is 5.32 Å². The average Bonchev–Trinajstić information content (AvgIpc) is 2.46. The molecule has 2 rings (SSSR count). The van der Waals surface area contributed by atoms with Gasteiger partial charge >= 0.3 is 0 Å². The number of hydrogen-bond donors (Lipinski definition) is 2. The molecule has 1 saturated carbocycles. The van der Waals surface area contributed by atoms with Crippen molar-refractivity contribution >= 4 is 5.91 Å². The first-order valence-electron chi connectivity index (χ1n) is 7.90. The normalized spacial score (nSPS) is 17.2. The number of amides is 1. The van der Waals surface area contributed by atoms with Crippen molar-refractivity contribution in [3.05, 3.63) is 29.8 Å². The summed E-state index contributed by atoms with van der Waals surface area (Å²) in [6.45, 7) is 2.06. The molecule has 0 spiro atoms. The number of rotatable bonds is 6. The molecule has 4 nitrogen and oxygen atoms in total. The van der Waals surface area contributed by atoms with E-state index >= 15 is 0 Å². The van der Waals surface area contributed by atoms with Crippen LogP contribution in [0.1, 0.15) is 44.6 Å². The smallest absolute Gasteiger partial charge is 0.258 e. The van der Waals surface area contributed by atoms with E-state index in [0.717, 1.165) is 30.6 Å². The molecule has 21 heavy (non-hydrogen) atoms. The molecule has 1 unspecified atom stereocenters. The Hall–Kier alpha value is -1.55. The number of ether oxygens (including phenoxy) is 1. The summed E-state index contributed by atoms with van der Waals surface area (Å²) >= 11 is 0. The molecular weight excluding hydrogens is 264 g/mol. The Bertz CT molecular complexity index is 454. The zero-order valence-corrected chi connectivity index (χ0v) is 12.8. The van der Waals surface area contributed by atoms with Gasteiger partial charge in [0.2, 0.25) is 0 Å². The summed E-state index contributed by atoms with van der Waals surface area (Å²) in [5.41, 5.74) is 6.93. The van der Waals surface area contributed by atoms with Crippen LogP contribution in [0.25, 0.3) is 0 Å². The highest BCUT2D eigenvalue weighted by Gasteiger charge is 2.15. The summed E-state index contributed by atoms with van der Waals surface area (Å²) in [7, 11) is 0. The number of hydrogen-bond acceptors (Lipinski definition) is 3. The van der Waals surface area contributed by atoms with E-state index in [1.807, 2.05) is 31.2 Å². The van der Waals surface area contributed by atoms with Gasteiger partial charge in [0.1, 0.15) is 5.75 Å². The SMILES string of the molecule is CC(N)Cc1cccc(OCC(=O)NC2CCCCC2)c1. The third-order valence-corrected chi connectivity index (χ3v) is 3.80. The van der Waals surface area contributed by atoms with Gasteiger partial charge in [0.25, 0.3) is 5.91 Å². The molecule has 0 heterocycles. The van der Waals surface area contributed by atoms with E-state index in [2.05, 4.69) is 5.32 Å². The molecule has 1 aliphatic rings. The molecule has 1 aromatic carbocycles. The van der Waals surface area contributed by atoms with E-state index in [9.17, 15) is 4.79 Å². The molecule has 1 atom stereocenters. The van der Waals surface area contributed by atoms with Gasteiger partial charge in [0.05, 0.1) is 0 Å². The topological polar surface area (TPSA) is 64.3 Å². The van der Waals surface area contributed by atoms with Crippen LogP contribution in [0.2, 0.25) is 0 Å². The maximum atomic E-state index is 11.9. The van der Waals surface area contributed by atoms with E-state index in [0.29, 0.717) is 6.04 Å². The summed E-state index contributed by atoms with van der Waals surface area (Å²) in [6.07, 6.45) is 6.71. The van der Waals surface area contributed by atoms with Crippen LogP contribution in [-0.2, 0) is 11.2 Å². The summed E-state index contributed by atoms with van der Waals surface area (Å²) in [5, 5.41) is 3.05. The second kappa shape index (κ2) is 8.03. The summed E-state index contributed by atoms with van der Waals surface area (Å²) in [5.74, 6) is 0.700. The Labute approximate surface area is 127 Å². The highest BCUT2D eigenvalue weighted by atomic mass is 16.5. The number of carbonyl (C=O) groups excluding carboxylic acids is 1. The molecule has 0 aliphatic heterocycles. The van der Waals surface area contributed by atoms with Crippen molar-refractivity contribution in [3.63, 3.8) is 0 Å². The van der Waals surface area contributed by atoms with Crippen LogP contribution in [0, 0.1) is 0 Å². The minimum absolute atomic E-state index is 0.0282. The monoisotopic (exact) mass is 290 g/mol. The van der Waals surface area contributed by atoms with Crippen molar-refractivity contribution in [2.45, 2.75) is 57.5 Å². The zero-order valence-electron chi connectivity index (χ0n) is 12.8. The minimum Gasteiger partial charge on any atom is -0.484 e. The third-order valence-electron chi connectivity index (χ3n) is 3.80. The number of nitrogens with two attached hydrogens (primary N) is 1. The van der Waals surface area contributed by atoms with E-state index in [1.54, 1.807) is 0 Å². The van der Waals surface area contributed by atoms with Gasteiger partial charge in [-0.15, -0.1) is 0 Å². The average molecular weight is 290 g/mol. The summed E-state index contributed by atoms with van der Waals surface area (Å²) in [4.78, 5) is 11.9. The lowest BCUT2D eigenvalue weighted by Gasteiger charge is -2.22. The molecule has 1 fully saturated rings. The van der Waals surface area contributed by atoms with Crippen molar-refractivity contribution in [2.75, 3.05) is 6.61 Å². The molecule has 0 radical (unpaired) electrons. The van der Waals surface area contributed by atoms with Gasteiger partial charge in [-0.2, -0.15) is 0 Å². The van der Waals surface area contributed by atoms with Gasteiger partial charge in [-0.25, -0.2) is 0 Å². The second-order valence-electron chi connectivity index (χ2n) is 6.02. The number of benzene rings is 1. The molecular formula is C17H26N2O2. The van der Waals surface area contributed by atoms with Gasteiger partial charge in [0.15, 0.2) is 6.61 Å². The molecule has 0 aromatic heterocycles. The predicted octanol–water partition coefficient (Wildman–Crippen LogP) is 2.40. The maximum Gasteiger partial charge on any atom is 0.258 e. The van der Waals surface area contributed by atoms with Gasteiger partial charge in [0, 0.05) is 12.1 Å². The van der Waals surface area contributed by atoms with Crippen molar-refractivity contribution in [2.24, 2.45) is 5.73 Å². The summed E-state index contributed by atoms with van der Waals surface area (Å²) in [6, 6.07) is 8.24. The Morgan fingerprint density at radius 1 is 1.38 bits per heavy atom. The lowest BCUT2D eigenvalue weighted by Crippen LogP contribution is -2.38. The second-order valence-corrected chi connectivity index (χ2v) is 6.02. The van der Waals surface area contributed by atoms with Crippen LogP contribution < -0.4 is 15.8 Å². The highest BCUT2D eigenvalue weighted by molar-refractivity contribution is 5.77. The first-order valence-corrected chi connectivity index (χ1v) is 7.90. The molecule has 1 aliphatic carbocycles. The molecule has 0 saturated heterocycles. The number of nitrogens with one attached hydrogen (secondary N) is 1. The van der Waals surface area contributed by atoms with E-state index < -0.39 is 0 Å². The molecule has 1 aromatic rings. The van der Waals surface area contributed by atoms with Crippen molar-refractivity contribution < 1.29 is 9.53 Å². The Morgan fingerprint density at radius 3 is 2.86 bits per heavy atom. The third kappa shape index (κ3) is 5.76. The van der Waals surface area contributed by atoms with E-state index in [4.69, 9.17) is 10.5 Å². The van der Waals surface area contributed by atoms with Crippen LogP contribution in [-0.4, -0.2) is 24.6 Å². The Morgan fingerprint density at radius 2 is 2.14 bits per heavy atom. The van der Waals surface area contributed by atoms with E-state index in [-0.39, 0.29) is 18.6 Å². The predicted molar refractivity (Wildman–Crippen MR) is 84.3 cm³/mol. The van der Waals surface area contributed by atoms with Gasteiger partial charge < -0.3 is 15.8 Å². The van der Waals surface area contributed by atoms with Gasteiger partial charge in [-0.1, -0.05) is 31.4 Å². The fraction of sp³-hybridized carbons (Fsp3) is 0.588. The van der Waals surface area contributed by atoms with Crippen molar-refractivity contribution in [1.29, 1.82) is 0 Å². The van der Waals surface area contributed by atoms with Crippen LogP contribution in [0.15, 0.2) is 24.3 Å². The quantitative estimate of drug-likeness (QED) is 0.845. The van der Waals surface area contributed by atoms with Crippen LogP contribution in [0.4, 0.5) is 0 Å². The molecule has 0 bridgehead atoms. The highest BCUT2D eigenvalue weighted by Crippen LogP contribution is 2.17. The molecule has 3 N–H and O–H groups in total. The minimum atomic E-state index is -0.0282. The molecule has 4 heteroatoms. The summed E-state index contributed by atoms with van der Waals surface area (Å²) < 4.78 is 5.58. The largest absolute Gasteiger partial charge is 0.484 e. The lowest BCUT2D eigenvalue weighted by molar-refractivity contribution is -0.124. The van der Waals surface area contributed by atoms with E-state index in [1.165, 1.54) is 19.3 Å². The van der Waals surface area contributed by atoms with Gasteiger partial charge in [-0.05, 0) is 43.9 Å². The lowest BCUT2D eigenvalue weighted by atomic mass is 9.95. The molecule has 1 amide bonds. The molecule has 116 valence electrons. The number of carbonyl (C=O) groups is 1. The zero-order chi connectivity index (χ0) is 15.1. The maximum absolute atomic E-state index is 11.9. The Balaban J connectivity index is 1.77. The standard InChI is InChI=1S/C17H26N2O2/c1-13(18)10-14-6-5-9-16(11-14)21-12-17(20)19-15-7-3-2-4-8-15/h5-6,9,11,13,15H,2-4,7-8,10,12,18H2,1H3,(H,19,20). The van der Waals surface area contributed by atoms with Gasteiger partial charge in [-0.3, -0.25) is 4.79 Å². The van der Waals surface area contributed by atoms with Crippen molar-refractivity contribution in [3.8, 4) is 5.75 Å². The van der Waals surface area contributed by atoms with Crippen LogP contribution >= 0.6 is 0 Å². The fourth-order valence-electron chi connectivity index (χ4n) is 2.80.